The van der Waals surface area contributed by atoms with Crippen LogP contribution in [0.25, 0.3) is 0 Å². The first-order valence-electron chi connectivity index (χ1n) is 6.49. The standard InChI is InChI=1S/C13H18ClFN2O2S.ClH/c1-9-7-13(11(14)8-12(9)15)20(18,19)17-5-3-10(16-2)4-6-17;/h7-8,10,16H,3-6H2,1-2H3;1H. The van der Waals surface area contributed by atoms with E-state index in [0.717, 1.165) is 18.9 Å². The molecule has 0 saturated carbocycles. The SMILES string of the molecule is CNC1CCN(S(=O)(=O)c2cc(C)c(F)cc2Cl)CC1.Cl. The van der Waals surface area contributed by atoms with Crippen LogP contribution in [0, 0.1) is 12.7 Å². The zero-order chi connectivity index (χ0) is 14.9. The second kappa shape index (κ2) is 7.24. The molecule has 0 spiro atoms. The van der Waals surface area contributed by atoms with Crippen LogP contribution < -0.4 is 5.32 Å². The van der Waals surface area contributed by atoms with Crippen molar-refractivity contribution in [1.82, 2.24) is 9.62 Å². The first-order valence-corrected chi connectivity index (χ1v) is 8.31. The highest BCUT2D eigenvalue weighted by Crippen LogP contribution is 2.29. The van der Waals surface area contributed by atoms with Gasteiger partial charge in [-0.25, -0.2) is 12.8 Å². The van der Waals surface area contributed by atoms with E-state index in [1.165, 1.54) is 17.3 Å². The van der Waals surface area contributed by atoms with Gasteiger partial charge in [0.1, 0.15) is 10.7 Å². The molecule has 2 rings (SSSR count). The van der Waals surface area contributed by atoms with Gasteiger partial charge in [0.15, 0.2) is 0 Å². The molecule has 120 valence electrons. The van der Waals surface area contributed by atoms with E-state index in [0.29, 0.717) is 19.1 Å². The van der Waals surface area contributed by atoms with Gasteiger partial charge in [-0.3, -0.25) is 0 Å². The van der Waals surface area contributed by atoms with Crippen molar-refractivity contribution in [2.75, 3.05) is 20.1 Å². The molecule has 0 bridgehead atoms. The molecule has 0 amide bonds. The molecule has 1 aromatic rings. The normalized spacial score (nSPS) is 17.5. The van der Waals surface area contributed by atoms with Gasteiger partial charge in [-0.1, -0.05) is 11.6 Å². The minimum absolute atomic E-state index is 0. The summed E-state index contributed by atoms with van der Waals surface area (Å²) in [4.78, 5) is -0.0130. The van der Waals surface area contributed by atoms with E-state index in [4.69, 9.17) is 11.6 Å². The molecule has 0 atom stereocenters. The third-order valence-electron chi connectivity index (χ3n) is 3.69. The van der Waals surface area contributed by atoms with Crippen LogP contribution in [0.1, 0.15) is 18.4 Å². The Bertz CT molecular complexity index is 602. The molecule has 1 fully saturated rings. The van der Waals surface area contributed by atoms with Gasteiger partial charge in [0, 0.05) is 19.1 Å². The molecule has 0 radical (unpaired) electrons. The predicted molar refractivity (Wildman–Crippen MR) is 84.2 cm³/mol. The van der Waals surface area contributed by atoms with Crippen LogP contribution >= 0.6 is 24.0 Å². The fourth-order valence-electron chi connectivity index (χ4n) is 2.35. The van der Waals surface area contributed by atoms with Gasteiger partial charge in [0.25, 0.3) is 0 Å². The molecule has 1 aliphatic rings. The summed E-state index contributed by atoms with van der Waals surface area (Å²) in [6.45, 7) is 2.42. The van der Waals surface area contributed by atoms with Crippen LogP contribution in [0.4, 0.5) is 4.39 Å². The van der Waals surface area contributed by atoms with E-state index in [-0.39, 0.29) is 27.9 Å². The lowest BCUT2D eigenvalue weighted by Crippen LogP contribution is -2.43. The van der Waals surface area contributed by atoms with Crippen LogP contribution in [-0.2, 0) is 10.0 Å². The lowest BCUT2D eigenvalue weighted by molar-refractivity contribution is 0.298. The number of rotatable bonds is 3. The Morgan fingerprint density at radius 3 is 2.43 bits per heavy atom. The Morgan fingerprint density at radius 2 is 1.90 bits per heavy atom. The second-order valence-electron chi connectivity index (χ2n) is 5.00. The zero-order valence-corrected chi connectivity index (χ0v) is 14.3. The molecular formula is C13H19Cl2FN2O2S. The number of sulfonamides is 1. The number of aryl methyl sites for hydroxylation is 1. The van der Waals surface area contributed by atoms with Crippen molar-refractivity contribution >= 4 is 34.0 Å². The van der Waals surface area contributed by atoms with Crippen LogP contribution in [0.3, 0.4) is 0 Å². The predicted octanol–water partition coefficient (Wildman–Crippen LogP) is 2.58. The summed E-state index contributed by atoms with van der Waals surface area (Å²) in [5.74, 6) is -0.497. The maximum Gasteiger partial charge on any atom is 0.244 e. The van der Waals surface area contributed by atoms with E-state index < -0.39 is 15.8 Å². The van der Waals surface area contributed by atoms with Crippen LogP contribution in [-0.4, -0.2) is 38.9 Å². The number of hydrogen-bond acceptors (Lipinski definition) is 3. The van der Waals surface area contributed by atoms with Gasteiger partial charge < -0.3 is 5.32 Å². The Kier molecular flexibility index (Phi) is 6.43. The lowest BCUT2D eigenvalue weighted by Gasteiger charge is -2.31. The number of hydrogen-bond donors (Lipinski definition) is 1. The average molecular weight is 357 g/mol. The topological polar surface area (TPSA) is 49.4 Å². The number of piperidine rings is 1. The van der Waals surface area contributed by atoms with Crippen molar-refractivity contribution in [1.29, 1.82) is 0 Å². The first kappa shape index (κ1) is 18.6. The van der Waals surface area contributed by atoms with Crippen LogP contribution in [0.2, 0.25) is 5.02 Å². The Morgan fingerprint density at radius 1 is 1.33 bits per heavy atom. The highest BCUT2D eigenvalue weighted by Gasteiger charge is 2.30. The average Bonchev–Trinajstić information content (AvgIpc) is 2.42. The number of nitrogens with one attached hydrogen (secondary N) is 1. The van der Waals surface area contributed by atoms with Gasteiger partial charge in [-0.2, -0.15) is 4.31 Å². The van der Waals surface area contributed by atoms with Crippen molar-refractivity contribution < 1.29 is 12.8 Å². The summed E-state index contributed by atoms with van der Waals surface area (Å²) in [6.07, 6.45) is 1.51. The molecule has 1 N–H and O–H groups in total. The van der Waals surface area contributed by atoms with E-state index in [1.807, 2.05) is 7.05 Å². The fraction of sp³-hybridized carbons (Fsp3) is 0.538. The molecule has 1 saturated heterocycles. The maximum atomic E-state index is 13.4. The van der Waals surface area contributed by atoms with E-state index in [9.17, 15) is 12.8 Å². The summed E-state index contributed by atoms with van der Waals surface area (Å²) in [7, 11) is -1.79. The van der Waals surface area contributed by atoms with Gasteiger partial charge in [-0.15, -0.1) is 12.4 Å². The molecule has 1 heterocycles. The van der Waals surface area contributed by atoms with Gasteiger partial charge in [0.05, 0.1) is 5.02 Å². The molecule has 1 aliphatic heterocycles. The molecule has 0 unspecified atom stereocenters. The highest BCUT2D eigenvalue weighted by atomic mass is 35.5. The second-order valence-corrected chi connectivity index (χ2v) is 7.31. The summed E-state index contributed by atoms with van der Waals surface area (Å²) in [6, 6.07) is 2.70. The number of halogens is 3. The largest absolute Gasteiger partial charge is 0.317 e. The number of benzene rings is 1. The lowest BCUT2D eigenvalue weighted by atomic mass is 10.1. The summed E-state index contributed by atoms with van der Waals surface area (Å²) in [5, 5.41) is 3.08. The minimum Gasteiger partial charge on any atom is -0.317 e. The number of nitrogens with zero attached hydrogens (tertiary/aromatic N) is 1. The van der Waals surface area contributed by atoms with Crippen molar-refractivity contribution in [2.45, 2.75) is 30.7 Å². The quantitative estimate of drug-likeness (QED) is 0.905. The van der Waals surface area contributed by atoms with Crippen LogP contribution in [0.5, 0.6) is 0 Å². The van der Waals surface area contributed by atoms with E-state index >= 15 is 0 Å². The smallest absolute Gasteiger partial charge is 0.244 e. The minimum atomic E-state index is -3.66. The molecule has 21 heavy (non-hydrogen) atoms. The van der Waals surface area contributed by atoms with Gasteiger partial charge >= 0.3 is 0 Å². The van der Waals surface area contributed by atoms with Crippen LogP contribution in [0.15, 0.2) is 17.0 Å². The third-order valence-corrected chi connectivity index (χ3v) is 6.06. The highest BCUT2D eigenvalue weighted by molar-refractivity contribution is 7.89. The van der Waals surface area contributed by atoms with Crippen molar-refractivity contribution in [3.05, 3.63) is 28.5 Å². The van der Waals surface area contributed by atoms with Crippen molar-refractivity contribution in [3.8, 4) is 0 Å². The van der Waals surface area contributed by atoms with Crippen molar-refractivity contribution in [3.63, 3.8) is 0 Å². The maximum absolute atomic E-state index is 13.4. The molecule has 0 aliphatic carbocycles. The molecule has 8 heteroatoms. The third kappa shape index (κ3) is 3.87. The molecule has 1 aromatic carbocycles. The first-order chi connectivity index (χ1) is 9.36. The van der Waals surface area contributed by atoms with Crippen molar-refractivity contribution in [2.24, 2.45) is 0 Å². The van der Waals surface area contributed by atoms with E-state index in [2.05, 4.69) is 5.32 Å². The monoisotopic (exact) mass is 356 g/mol. The van der Waals surface area contributed by atoms with Gasteiger partial charge in [-0.05, 0) is 44.5 Å². The van der Waals surface area contributed by atoms with E-state index in [1.54, 1.807) is 0 Å². The Hall–Kier alpha value is -0.400. The Balaban J connectivity index is 0.00000220. The fourth-order valence-corrected chi connectivity index (χ4v) is 4.40. The molecule has 0 aromatic heterocycles. The molecular weight excluding hydrogens is 338 g/mol. The zero-order valence-electron chi connectivity index (χ0n) is 11.9. The summed E-state index contributed by atoms with van der Waals surface area (Å²) >= 11 is 5.90. The summed E-state index contributed by atoms with van der Waals surface area (Å²) < 4.78 is 39.9. The molecule has 4 nitrogen and oxygen atoms in total. The Labute approximate surface area is 136 Å². The summed E-state index contributed by atoms with van der Waals surface area (Å²) in [5.41, 5.74) is 0.276. The van der Waals surface area contributed by atoms with Gasteiger partial charge in [0.2, 0.25) is 10.0 Å².